The van der Waals surface area contributed by atoms with Crippen LogP contribution in [0.5, 0.6) is 0 Å². The number of sulfonamides is 1. The normalized spacial score (nSPS) is 16.8. The number of thiophene rings is 1. The van der Waals surface area contributed by atoms with Gasteiger partial charge in [0.15, 0.2) is 4.91 Å². The van der Waals surface area contributed by atoms with Crippen LogP contribution in [0.4, 0.5) is 11.4 Å². The molecule has 1 aliphatic rings. The van der Waals surface area contributed by atoms with Crippen molar-refractivity contribution in [1.29, 1.82) is 0 Å². The Morgan fingerprint density at radius 1 is 1.04 bits per heavy atom. The molecular weight excluding hydrogens is 416 g/mol. The summed E-state index contributed by atoms with van der Waals surface area (Å²) in [4.78, 5) is 13.0. The van der Waals surface area contributed by atoms with E-state index in [4.69, 9.17) is 11.6 Å². The Morgan fingerprint density at radius 3 is 2.46 bits per heavy atom. The number of Topliss-reactive ketones (excluding diaryl/α,β-unsaturated/α-hetero) is 1. The molecule has 0 radical (unpaired) electrons. The van der Waals surface area contributed by atoms with Crippen molar-refractivity contribution in [2.45, 2.75) is 6.54 Å². The maximum atomic E-state index is 13.3. The second-order valence-electron chi connectivity index (χ2n) is 6.12. The lowest BCUT2D eigenvalue weighted by Crippen LogP contribution is -2.38. The van der Waals surface area contributed by atoms with Crippen molar-refractivity contribution < 1.29 is 13.2 Å². The number of hydrogen-bond acceptors (Lipinski definition) is 5. The van der Waals surface area contributed by atoms with Gasteiger partial charge in [0, 0.05) is 16.9 Å². The van der Waals surface area contributed by atoms with E-state index in [0.29, 0.717) is 21.3 Å². The van der Waals surface area contributed by atoms with E-state index in [2.05, 4.69) is 5.32 Å². The van der Waals surface area contributed by atoms with Gasteiger partial charge in [-0.05, 0) is 41.3 Å². The van der Waals surface area contributed by atoms with Gasteiger partial charge in [0.05, 0.1) is 12.2 Å². The number of ketones is 1. The highest BCUT2D eigenvalue weighted by atomic mass is 35.5. The Balaban J connectivity index is 1.75. The Bertz CT molecular complexity index is 1150. The Labute approximate surface area is 171 Å². The molecule has 1 aliphatic heterocycles. The van der Waals surface area contributed by atoms with Crippen molar-refractivity contribution >= 4 is 50.1 Å². The maximum Gasteiger partial charge on any atom is 0.270 e. The van der Waals surface area contributed by atoms with Crippen molar-refractivity contribution in [2.75, 3.05) is 9.62 Å². The number of hydrogen-bond donors (Lipinski definition) is 1. The summed E-state index contributed by atoms with van der Waals surface area (Å²) in [5.74, 6) is -0.499. The van der Waals surface area contributed by atoms with E-state index in [9.17, 15) is 13.2 Å². The number of benzene rings is 2. The molecule has 142 valence electrons. The lowest BCUT2D eigenvalue weighted by Gasteiger charge is -2.29. The quantitative estimate of drug-likeness (QED) is 0.598. The first-order valence-electron chi connectivity index (χ1n) is 8.38. The standard InChI is InChI=1S/C20H15ClN2O3S2/c21-15-8-6-14(7-9-15)13-23-17-10-11-27-20(17)19(24)18(28(23,25)26)12-22-16-4-2-1-3-5-16/h1-12,22H,13H2. The molecule has 1 N–H and O–H groups in total. The summed E-state index contributed by atoms with van der Waals surface area (Å²) in [5, 5.41) is 5.21. The second-order valence-corrected chi connectivity index (χ2v) is 9.30. The minimum absolute atomic E-state index is 0.110. The van der Waals surface area contributed by atoms with Crippen LogP contribution in [0, 0.1) is 0 Å². The van der Waals surface area contributed by atoms with Crippen LogP contribution < -0.4 is 9.62 Å². The molecule has 1 aromatic heterocycles. The van der Waals surface area contributed by atoms with Gasteiger partial charge in [-0.25, -0.2) is 8.42 Å². The number of carbonyl (C=O) groups is 1. The number of para-hydroxylation sites is 1. The van der Waals surface area contributed by atoms with Crippen molar-refractivity contribution in [3.8, 4) is 0 Å². The van der Waals surface area contributed by atoms with Crippen LogP contribution in [0.2, 0.25) is 5.02 Å². The van der Waals surface area contributed by atoms with Crippen LogP contribution in [0.15, 0.2) is 77.1 Å². The van der Waals surface area contributed by atoms with Gasteiger partial charge >= 0.3 is 0 Å². The van der Waals surface area contributed by atoms with E-state index in [1.54, 1.807) is 47.8 Å². The molecule has 3 aromatic rings. The minimum Gasteiger partial charge on any atom is -0.360 e. The molecule has 0 fully saturated rings. The number of nitrogens with zero attached hydrogens (tertiary/aromatic N) is 1. The number of halogens is 1. The van der Waals surface area contributed by atoms with Crippen LogP contribution in [-0.2, 0) is 16.6 Å². The molecule has 2 heterocycles. The summed E-state index contributed by atoms with van der Waals surface area (Å²) in [5.41, 5.74) is 1.87. The van der Waals surface area contributed by atoms with Crippen molar-refractivity contribution in [2.24, 2.45) is 0 Å². The lowest BCUT2D eigenvalue weighted by molar-refractivity contribution is 0.104. The van der Waals surface area contributed by atoms with Gasteiger partial charge in [0.2, 0.25) is 5.78 Å². The summed E-state index contributed by atoms with van der Waals surface area (Å²) in [7, 11) is -4.02. The van der Waals surface area contributed by atoms with Crippen LogP contribution in [-0.4, -0.2) is 14.2 Å². The largest absolute Gasteiger partial charge is 0.360 e. The van der Waals surface area contributed by atoms with Crippen LogP contribution in [0.1, 0.15) is 15.2 Å². The van der Waals surface area contributed by atoms with E-state index in [1.165, 1.54) is 21.8 Å². The molecule has 0 unspecified atom stereocenters. The van der Waals surface area contributed by atoms with Crippen LogP contribution in [0.25, 0.3) is 0 Å². The van der Waals surface area contributed by atoms with E-state index in [1.807, 2.05) is 18.2 Å². The SMILES string of the molecule is O=C1C(=CNc2ccccc2)S(=O)(=O)N(Cc2ccc(Cl)cc2)c2ccsc21. The monoisotopic (exact) mass is 430 g/mol. The number of nitrogens with one attached hydrogen (secondary N) is 1. The number of carbonyl (C=O) groups excluding carboxylic acids is 1. The zero-order chi connectivity index (χ0) is 19.7. The molecule has 0 atom stereocenters. The summed E-state index contributed by atoms with van der Waals surface area (Å²) in [6.45, 7) is 0.110. The molecule has 0 spiro atoms. The first kappa shape index (κ1) is 18.7. The highest BCUT2D eigenvalue weighted by Gasteiger charge is 2.41. The highest BCUT2D eigenvalue weighted by molar-refractivity contribution is 7.97. The van der Waals surface area contributed by atoms with Gasteiger partial charge in [-0.1, -0.05) is 41.9 Å². The highest BCUT2D eigenvalue weighted by Crippen LogP contribution is 2.39. The van der Waals surface area contributed by atoms with E-state index in [-0.39, 0.29) is 11.4 Å². The summed E-state index contributed by atoms with van der Waals surface area (Å²) < 4.78 is 27.8. The molecule has 0 saturated heterocycles. The molecule has 4 rings (SSSR count). The fraction of sp³-hybridized carbons (Fsp3) is 0.0500. The molecule has 5 nitrogen and oxygen atoms in total. The molecule has 2 aromatic carbocycles. The van der Waals surface area contributed by atoms with E-state index in [0.717, 1.165) is 5.56 Å². The number of rotatable bonds is 4. The Kier molecular flexibility index (Phi) is 4.97. The fourth-order valence-corrected chi connectivity index (χ4v) is 5.50. The topological polar surface area (TPSA) is 66.5 Å². The molecular formula is C20H15ClN2O3S2. The van der Waals surface area contributed by atoms with Crippen molar-refractivity contribution in [3.05, 3.63) is 92.6 Å². The molecule has 28 heavy (non-hydrogen) atoms. The molecule has 0 saturated carbocycles. The van der Waals surface area contributed by atoms with Crippen molar-refractivity contribution in [1.82, 2.24) is 0 Å². The third-order valence-corrected chi connectivity index (χ3v) is 7.21. The smallest absolute Gasteiger partial charge is 0.270 e. The second kappa shape index (κ2) is 7.43. The Hall–Kier alpha value is -2.61. The lowest BCUT2D eigenvalue weighted by atomic mass is 10.2. The van der Waals surface area contributed by atoms with Crippen molar-refractivity contribution in [3.63, 3.8) is 0 Å². The fourth-order valence-electron chi connectivity index (χ4n) is 2.90. The first-order valence-corrected chi connectivity index (χ1v) is 11.1. The van der Waals surface area contributed by atoms with Gasteiger partial charge in [-0.2, -0.15) is 0 Å². The Morgan fingerprint density at radius 2 is 1.75 bits per heavy atom. The van der Waals surface area contributed by atoms with E-state index < -0.39 is 15.8 Å². The van der Waals surface area contributed by atoms with Gasteiger partial charge < -0.3 is 5.32 Å². The number of allylic oxidation sites excluding steroid dienone is 1. The zero-order valence-electron chi connectivity index (χ0n) is 14.5. The van der Waals surface area contributed by atoms with Crippen LogP contribution in [0.3, 0.4) is 0 Å². The summed E-state index contributed by atoms with van der Waals surface area (Å²) >= 11 is 7.15. The maximum absolute atomic E-state index is 13.3. The molecule has 8 heteroatoms. The summed E-state index contributed by atoms with van der Waals surface area (Å²) in [6.07, 6.45) is 1.27. The summed E-state index contributed by atoms with van der Waals surface area (Å²) in [6, 6.07) is 17.7. The molecule has 0 aliphatic carbocycles. The van der Waals surface area contributed by atoms with Gasteiger partial charge in [0.1, 0.15) is 4.88 Å². The predicted octanol–water partition coefficient (Wildman–Crippen LogP) is 4.89. The average Bonchev–Trinajstić information content (AvgIpc) is 3.17. The molecule has 0 amide bonds. The van der Waals surface area contributed by atoms with Crippen LogP contribution >= 0.6 is 22.9 Å². The molecule has 0 bridgehead atoms. The zero-order valence-corrected chi connectivity index (χ0v) is 16.9. The first-order chi connectivity index (χ1) is 13.5. The third-order valence-electron chi connectivity index (χ3n) is 4.29. The number of anilines is 2. The predicted molar refractivity (Wildman–Crippen MR) is 113 cm³/mol. The minimum atomic E-state index is -4.02. The third kappa shape index (κ3) is 3.44. The average molecular weight is 431 g/mol. The van der Waals surface area contributed by atoms with Gasteiger partial charge in [-0.15, -0.1) is 11.3 Å². The van der Waals surface area contributed by atoms with E-state index >= 15 is 0 Å². The van der Waals surface area contributed by atoms with Gasteiger partial charge in [0.25, 0.3) is 10.0 Å². The number of fused-ring (bicyclic) bond motifs is 1. The van der Waals surface area contributed by atoms with Gasteiger partial charge in [-0.3, -0.25) is 9.10 Å².